The molecule has 180 valence electrons. The van der Waals surface area contributed by atoms with Crippen LogP contribution in [0.4, 0.5) is 9.59 Å². The number of halogens is 1. The number of alkyl carbamates (subject to hydrolysis) is 1. The quantitative estimate of drug-likeness (QED) is 0.242. The summed E-state index contributed by atoms with van der Waals surface area (Å²) in [5, 5.41) is 9.61. The first-order valence-corrected chi connectivity index (χ1v) is 10.8. The van der Waals surface area contributed by atoms with Crippen molar-refractivity contribution in [2.75, 3.05) is 26.2 Å². The molecule has 1 aliphatic rings. The molecule has 1 atom stereocenters. The Bertz CT molecular complexity index is 746. The molecule has 1 fully saturated rings. The topological polar surface area (TPSA) is 121 Å². The van der Waals surface area contributed by atoms with Crippen LogP contribution in [-0.2, 0) is 4.74 Å². The second-order valence-electron chi connectivity index (χ2n) is 8.57. The Morgan fingerprint density at radius 2 is 1.84 bits per heavy atom. The van der Waals surface area contributed by atoms with E-state index >= 15 is 0 Å². The molecule has 1 saturated heterocycles. The van der Waals surface area contributed by atoms with Gasteiger partial charge >= 0.3 is 12.1 Å². The van der Waals surface area contributed by atoms with E-state index in [2.05, 4.69) is 16.0 Å². The van der Waals surface area contributed by atoms with Crippen LogP contribution in [-0.4, -0.2) is 60.8 Å². The number of hydrogen-bond acceptors (Lipinski definition) is 4. The molecule has 0 saturated carbocycles. The molecule has 32 heavy (non-hydrogen) atoms. The molecule has 0 aromatic heterocycles. The van der Waals surface area contributed by atoms with Crippen molar-refractivity contribution in [2.45, 2.75) is 58.2 Å². The number of nitrogens with two attached hydrogens (primary N) is 1. The van der Waals surface area contributed by atoms with Crippen molar-refractivity contribution in [3.05, 3.63) is 35.9 Å². The van der Waals surface area contributed by atoms with E-state index in [0.29, 0.717) is 32.1 Å². The average Bonchev–Trinajstić information content (AvgIpc) is 2.70. The predicted molar refractivity (Wildman–Crippen MR) is 137 cm³/mol. The maximum absolute atomic E-state index is 12.4. The van der Waals surface area contributed by atoms with Gasteiger partial charge in [0.05, 0.1) is 12.6 Å². The highest BCUT2D eigenvalue weighted by atomic mass is 127. The van der Waals surface area contributed by atoms with Crippen LogP contribution in [0.25, 0.3) is 0 Å². The van der Waals surface area contributed by atoms with Gasteiger partial charge in [0.2, 0.25) is 0 Å². The van der Waals surface area contributed by atoms with Gasteiger partial charge in [-0.2, -0.15) is 0 Å². The number of carbonyl (C=O) groups excluding carboxylic acids is 2. The molecule has 0 radical (unpaired) electrons. The lowest BCUT2D eigenvalue weighted by molar-refractivity contribution is 0.0505. The Balaban J connectivity index is 0.00000512. The zero-order valence-corrected chi connectivity index (χ0v) is 21.7. The predicted octanol–water partition coefficient (Wildman–Crippen LogP) is 2.97. The molecule has 1 aromatic carbocycles. The van der Waals surface area contributed by atoms with Crippen LogP contribution >= 0.6 is 24.0 Å². The number of piperidine rings is 1. The fraction of sp³-hybridized carbons (Fsp3) is 0.591. The van der Waals surface area contributed by atoms with Crippen molar-refractivity contribution in [3.8, 4) is 0 Å². The van der Waals surface area contributed by atoms with E-state index in [1.54, 1.807) is 4.90 Å². The normalized spacial score (nSPS) is 15.9. The number of likely N-dealkylation sites (tertiary alicyclic amines) is 1. The van der Waals surface area contributed by atoms with Gasteiger partial charge in [0.1, 0.15) is 5.60 Å². The van der Waals surface area contributed by atoms with Crippen molar-refractivity contribution >= 4 is 42.1 Å². The van der Waals surface area contributed by atoms with Crippen LogP contribution in [0.3, 0.4) is 0 Å². The Morgan fingerprint density at radius 1 is 1.22 bits per heavy atom. The summed E-state index contributed by atoms with van der Waals surface area (Å²) in [6.07, 6.45) is 1.12. The van der Waals surface area contributed by atoms with E-state index in [9.17, 15) is 9.59 Å². The van der Waals surface area contributed by atoms with Gasteiger partial charge in [-0.3, -0.25) is 4.99 Å². The zero-order valence-electron chi connectivity index (χ0n) is 19.4. The Kier molecular flexibility index (Phi) is 11.6. The van der Waals surface area contributed by atoms with Gasteiger partial charge in [-0.25, -0.2) is 9.59 Å². The number of hydrogen-bond donors (Lipinski definition) is 4. The smallest absolute Gasteiger partial charge is 0.408 e. The highest BCUT2D eigenvalue weighted by Crippen LogP contribution is 2.15. The minimum atomic E-state index is -0.579. The molecule has 1 aliphatic heterocycles. The third-order valence-electron chi connectivity index (χ3n) is 4.82. The molecule has 1 unspecified atom stereocenters. The minimum absolute atomic E-state index is 0. The van der Waals surface area contributed by atoms with Crippen LogP contribution in [0.1, 0.15) is 52.1 Å². The van der Waals surface area contributed by atoms with Gasteiger partial charge in [-0.1, -0.05) is 30.3 Å². The molecule has 0 bridgehead atoms. The van der Waals surface area contributed by atoms with Crippen LogP contribution in [0, 0.1) is 0 Å². The van der Waals surface area contributed by atoms with Crippen LogP contribution in [0.15, 0.2) is 35.3 Å². The summed E-state index contributed by atoms with van der Waals surface area (Å²) in [7, 11) is 0. The van der Waals surface area contributed by atoms with Gasteiger partial charge in [0.15, 0.2) is 5.96 Å². The van der Waals surface area contributed by atoms with E-state index < -0.39 is 11.7 Å². The number of primary amides is 1. The van der Waals surface area contributed by atoms with E-state index in [1.807, 2.05) is 58.0 Å². The van der Waals surface area contributed by atoms with Crippen molar-refractivity contribution in [3.63, 3.8) is 0 Å². The van der Waals surface area contributed by atoms with Gasteiger partial charge in [0.25, 0.3) is 0 Å². The monoisotopic (exact) mass is 560 g/mol. The number of aliphatic imine (C=N–C) groups is 1. The van der Waals surface area contributed by atoms with E-state index in [0.717, 1.165) is 18.4 Å². The second-order valence-corrected chi connectivity index (χ2v) is 8.57. The molecule has 3 amide bonds. The number of ether oxygens (including phenoxy) is 1. The van der Waals surface area contributed by atoms with Gasteiger partial charge in [-0.05, 0) is 46.1 Å². The summed E-state index contributed by atoms with van der Waals surface area (Å²) in [4.78, 5) is 30.0. The minimum Gasteiger partial charge on any atom is -0.444 e. The summed E-state index contributed by atoms with van der Waals surface area (Å²) < 4.78 is 5.42. The van der Waals surface area contributed by atoms with Gasteiger partial charge in [0, 0.05) is 25.7 Å². The molecular formula is C22H37IN6O3. The lowest BCUT2D eigenvalue weighted by Gasteiger charge is -2.32. The van der Waals surface area contributed by atoms with Crippen molar-refractivity contribution in [2.24, 2.45) is 10.7 Å². The Hall–Kier alpha value is -2.24. The molecule has 2 rings (SSSR count). The highest BCUT2D eigenvalue weighted by Gasteiger charge is 2.23. The molecule has 0 aliphatic carbocycles. The van der Waals surface area contributed by atoms with E-state index in [1.165, 1.54) is 0 Å². The van der Waals surface area contributed by atoms with E-state index in [4.69, 9.17) is 15.5 Å². The number of rotatable bonds is 6. The maximum Gasteiger partial charge on any atom is 0.408 e. The lowest BCUT2D eigenvalue weighted by Crippen LogP contribution is -2.50. The number of nitrogens with zero attached hydrogens (tertiary/aromatic N) is 2. The third kappa shape index (κ3) is 9.92. The zero-order chi connectivity index (χ0) is 22.9. The molecule has 5 N–H and O–H groups in total. The number of benzene rings is 1. The summed E-state index contributed by atoms with van der Waals surface area (Å²) in [6, 6.07) is 9.19. The van der Waals surface area contributed by atoms with Crippen LogP contribution in [0.2, 0.25) is 0 Å². The molecule has 9 nitrogen and oxygen atoms in total. The van der Waals surface area contributed by atoms with Crippen LogP contribution < -0.4 is 21.7 Å². The summed E-state index contributed by atoms with van der Waals surface area (Å²) in [5.41, 5.74) is 5.73. The molecule has 10 heteroatoms. The first kappa shape index (κ1) is 27.8. The number of carbonyl (C=O) groups is 2. The largest absolute Gasteiger partial charge is 0.444 e. The summed E-state index contributed by atoms with van der Waals surface area (Å²) >= 11 is 0. The van der Waals surface area contributed by atoms with Crippen molar-refractivity contribution in [1.29, 1.82) is 0 Å². The number of guanidine groups is 1. The Morgan fingerprint density at radius 3 is 2.38 bits per heavy atom. The van der Waals surface area contributed by atoms with Crippen molar-refractivity contribution in [1.82, 2.24) is 20.9 Å². The molecule has 0 spiro atoms. The second kappa shape index (κ2) is 13.3. The standard InChI is InChI=1S/C22H36N6O3.HI/c1-5-24-20(26-17-11-13-28(14-12-17)19(23)29)25-15-18(16-9-7-6-8-10-16)27-21(30)31-22(2,3)4;/h6-10,17-18H,5,11-15H2,1-4H3,(H2,23,29)(H,27,30)(H2,24,25,26);1H. The number of nitrogens with one attached hydrogen (secondary N) is 3. The fourth-order valence-corrected chi connectivity index (χ4v) is 3.31. The first-order chi connectivity index (χ1) is 14.7. The Labute approximate surface area is 207 Å². The lowest BCUT2D eigenvalue weighted by atomic mass is 10.1. The molecule has 1 heterocycles. The van der Waals surface area contributed by atoms with Crippen LogP contribution in [0.5, 0.6) is 0 Å². The van der Waals surface area contributed by atoms with Gasteiger partial charge < -0.3 is 31.3 Å². The first-order valence-electron chi connectivity index (χ1n) is 10.8. The summed E-state index contributed by atoms with van der Waals surface area (Å²) in [6.45, 7) is 9.80. The third-order valence-corrected chi connectivity index (χ3v) is 4.82. The van der Waals surface area contributed by atoms with Gasteiger partial charge in [-0.15, -0.1) is 24.0 Å². The average molecular weight is 560 g/mol. The molecule has 1 aromatic rings. The SMILES string of the molecule is CCNC(=NCC(NC(=O)OC(C)(C)C)c1ccccc1)NC1CCN(C(N)=O)CC1.I. The summed E-state index contributed by atoms with van der Waals surface area (Å²) in [5.74, 6) is 0.673. The molecular weight excluding hydrogens is 523 g/mol. The number of urea groups is 1. The van der Waals surface area contributed by atoms with E-state index in [-0.39, 0.29) is 42.1 Å². The van der Waals surface area contributed by atoms with Crippen molar-refractivity contribution < 1.29 is 14.3 Å². The maximum atomic E-state index is 12.4. The highest BCUT2D eigenvalue weighted by molar-refractivity contribution is 14.0. The fourth-order valence-electron chi connectivity index (χ4n) is 3.31. The number of amides is 3.